The zero-order chi connectivity index (χ0) is 67.7. The quantitative estimate of drug-likeness (QED) is 0.163. The van der Waals surface area contributed by atoms with Gasteiger partial charge in [-0.1, -0.05) is 130 Å². The Kier molecular flexibility index (Phi) is 39.0. The van der Waals surface area contributed by atoms with Crippen molar-refractivity contribution in [3.63, 3.8) is 0 Å². The van der Waals surface area contributed by atoms with Crippen molar-refractivity contribution >= 4 is 47.6 Å². The third-order valence-corrected chi connectivity index (χ3v) is 20.1. The molecule has 0 radical (unpaired) electrons. The van der Waals surface area contributed by atoms with Gasteiger partial charge in [0.05, 0.1) is 61.4 Å². The van der Waals surface area contributed by atoms with E-state index in [9.17, 15) is 38.4 Å². The predicted molar refractivity (Wildman–Crippen MR) is 352 cm³/mol. The lowest BCUT2D eigenvalue weighted by Crippen LogP contribution is -2.36. The van der Waals surface area contributed by atoms with Crippen molar-refractivity contribution in [3.05, 3.63) is 0 Å². The molecule has 20 unspecified atom stereocenters. The fourth-order valence-electron chi connectivity index (χ4n) is 16.4. The van der Waals surface area contributed by atoms with E-state index in [4.69, 9.17) is 37.9 Å². The first-order valence-corrected chi connectivity index (χ1v) is 37.4. The molecule has 0 amide bonds. The maximum absolute atomic E-state index is 11.2. The van der Waals surface area contributed by atoms with Crippen LogP contribution in [0.1, 0.15) is 271 Å². The zero-order valence-corrected chi connectivity index (χ0v) is 59.7. The Morgan fingerprint density at radius 3 is 1.44 bits per heavy atom. The SMILES string of the molecule is CC.CC.CC.CC.CC.CC.CC.CCC.O=C1CCCO1.O=C1CCCOC1.O=C1OC2CC3CC1C2C3.O=C1OC2CC3CC1C2O3.O=C1OC2CC3CCC2C1C3.O=C1OC2CCCC1C2.O=C1OCC2C3CCC(C3)C12.O=C1OCC2CCCCC12. The summed E-state index contributed by atoms with van der Waals surface area (Å²) in [5.74, 6) is 7.68. The summed E-state index contributed by atoms with van der Waals surface area (Å²) in [5, 5.41) is 0. The van der Waals surface area contributed by atoms with Gasteiger partial charge in [0.25, 0.3) is 0 Å². The van der Waals surface area contributed by atoms with E-state index in [-0.39, 0.29) is 83.6 Å². The van der Waals surface area contributed by atoms with Gasteiger partial charge in [-0.3, -0.25) is 38.4 Å². The topological polar surface area (TPSA) is 220 Å². The monoisotopic (exact) mass is 1290 g/mol. The highest BCUT2D eigenvalue weighted by Gasteiger charge is 2.59. The molecule has 0 aromatic rings. The fraction of sp³-hybridized carbons (Fsp3) is 0.892. The van der Waals surface area contributed by atoms with E-state index in [0.29, 0.717) is 91.9 Å². The van der Waals surface area contributed by atoms with Gasteiger partial charge in [0.2, 0.25) is 0 Å². The molecule has 0 spiro atoms. The summed E-state index contributed by atoms with van der Waals surface area (Å²) in [5.41, 5.74) is 0. The number of hydrogen-bond donors (Lipinski definition) is 0. The van der Waals surface area contributed by atoms with Crippen molar-refractivity contribution in [1.29, 1.82) is 0 Å². The van der Waals surface area contributed by atoms with Crippen LogP contribution in [-0.2, 0) is 81.0 Å². The van der Waals surface area contributed by atoms with Crippen LogP contribution < -0.4 is 0 Å². The predicted octanol–water partition coefficient (Wildman–Crippen LogP) is 15.3. The van der Waals surface area contributed by atoms with Crippen molar-refractivity contribution in [1.82, 2.24) is 0 Å². The van der Waals surface area contributed by atoms with Crippen molar-refractivity contribution in [3.8, 4) is 0 Å². The highest BCUT2D eigenvalue weighted by Crippen LogP contribution is 2.56. The third-order valence-electron chi connectivity index (χ3n) is 20.1. The van der Waals surface area contributed by atoms with Crippen LogP contribution in [0.25, 0.3) is 0 Å². The van der Waals surface area contributed by atoms with E-state index >= 15 is 0 Å². The molecule has 19 aliphatic rings. The number of esters is 7. The molecule has 19 rings (SSSR count). The number of Topliss-reactive ketones (excluding diaryl/α,β-unsaturated/α-hetero) is 1. The van der Waals surface area contributed by atoms with E-state index in [1.54, 1.807) is 0 Å². The Hall–Kier alpha value is -4.12. The van der Waals surface area contributed by atoms with E-state index < -0.39 is 0 Å². The maximum Gasteiger partial charge on any atom is 0.312 e. The minimum Gasteiger partial charge on any atom is -0.466 e. The number of ketones is 1. The average Bonchev–Trinajstić information content (AvgIpc) is 1.64. The molecule has 17 nitrogen and oxygen atoms in total. The van der Waals surface area contributed by atoms with Crippen LogP contribution in [0, 0.1) is 82.9 Å². The molecular formula is C74H128O17. The number of carbonyl (C=O) groups is 8. The largest absolute Gasteiger partial charge is 0.466 e. The molecule has 10 heterocycles. The van der Waals surface area contributed by atoms with Crippen molar-refractivity contribution < 1.29 is 81.0 Å². The summed E-state index contributed by atoms with van der Waals surface area (Å²) >= 11 is 0. The van der Waals surface area contributed by atoms with Gasteiger partial charge in [0.15, 0.2) is 5.78 Å². The molecule has 12 bridgehead atoms. The first kappa shape index (κ1) is 81.1. The van der Waals surface area contributed by atoms with Crippen LogP contribution in [-0.4, -0.2) is 117 Å². The number of ether oxygens (including phenoxy) is 9. The lowest BCUT2D eigenvalue weighted by molar-refractivity contribution is -0.144. The van der Waals surface area contributed by atoms with Crippen LogP contribution in [0.4, 0.5) is 0 Å². The average molecular weight is 1290 g/mol. The van der Waals surface area contributed by atoms with E-state index in [2.05, 4.69) is 18.6 Å². The highest BCUT2D eigenvalue weighted by atomic mass is 16.6. The van der Waals surface area contributed by atoms with Gasteiger partial charge in [-0.15, -0.1) is 0 Å². The van der Waals surface area contributed by atoms with Gasteiger partial charge in [0, 0.05) is 49.5 Å². The molecule has 19 fully saturated rings. The minimum atomic E-state index is -0.0463. The fourth-order valence-corrected chi connectivity index (χ4v) is 16.4. The van der Waals surface area contributed by atoms with E-state index in [0.717, 1.165) is 114 Å². The standard InChI is InChI=1S/2C9H12O2.C8H10O2.C8H12O2.C7H8O3.C7H10O2.C5H8O2.C4H6O2.C3H8.7C2H6/c10-9-8-6-2-1-5(3-6)7(8)4-11-9;10-9-7-3-5-1-2-6(7)8(4-5)11-9;9-8-6-2-4-1-5(6)7(3-4)10-8;9-8-7-4-2-1-3-6(7)5-10-8;8-7-4-1-3-2-5(10-7)6(4)9-3;8-7-5-2-1-3-6(4-5)9-7;6-5-2-1-3-7-4-5;5-4-2-1-3-6-4;1-3-2;7*1-2/h2*5-8H,1-4H2;4-7H,1-3H2;6-7H,1-5H2;3-6H,1-2H2;5-6H,1-4H2;1-4H2;1-3H2;3H2,1-2H3;7*1-2H3. The Bertz CT molecular complexity index is 2080. The van der Waals surface area contributed by atoms with Crippen LogP contribution in [0.3, 0.4) is 0 Å². The second-order valence-corrected chi connectivity index (χ2v) is 25.3. The molecule has 20 atom stereocenters. The zero-order valence-electron chi connectivity index (χ0n) is 59.7. The number of cyclic esters (lactones) is 3. The lowest BCUT2D eigenvalue weighted by atomic mass is 9.65. The van der Waals surface area contributed by atoms with Crippen molar-refractivity contribution in [2.45, 2.75) is 308 Å². The van der Waals surface area contributed by atoms with Crippen molar-refractivity contribution in [2.24, 2.45) is 82.9 Å². The molecule has 91 heavy (non-hydrogen) atoms. The second-order valence-electron chi connectivity index (χ2n) is 25.3. The molecule has 0 aromatic carbocycles. The first-order chi connectivity index (χ1) is 44.3. The molecule has 0 aromatic heterocycles. The van der Waals surface area contributed by atoms with Crippen LogP contribution >= 0.6 is 0 Å². The molecule has 0 N–H and O–H groups in total. The summed E-state index contributed by atoms with van der Waals surface area (Å²) < 4.78 is 45.5. The normalized spacial score (nSPS) is 37.1. The smallest absolute Gasteiger partial charge is 0.312 e. The number of hydrogen-bond acceptors (Lipinski definition) is 17. The lowest BCUT2D eigenvalue weighted by Gasteiger charge is -2.38. The maximum atomic E-state index is 11.2. The number of rotatable bonds is 0. The summed E-state index contributed by atoms with van der Waals surface area (Å²) in [6, 6.07) is 0. The van der Waals surface area contributed by atoms with Crippen molar-refractivity contribution in [2.75, 3.05) is 33.0 Å². The highest BCUT2D eigenvalue weighted by molar-refractivity contribution is 5.80. The van der Waals surface area contributed by atoms with Crippen LogP contribution in [0.15, 0.2) is 0 Å². The van der Waals surface area contributed by atoms with E-state index in [1.807, 2.05) is 96.9 Å². The Morgan fingerprint density at radius 1 is 0.374 bits per heavy atom. The van der Waals surface area contributed by atoms with Gasteiger partial charge in [0.1, 0.15) is 37.1 Å². The Labute approximate surface area is 550 Å². The Balaban J connectivity index is 0.000000264. The number of carbonyl (C=O) groups excluding carboxylic acids is 8. The van der Waals surface area contributed by atoms with Gasteiger partial charge < -0.3 is 42.6 Å². The summed E-state index contributed by atoms with van der Waals surface area (Å²) in [7, 11) is 0. The van der Waals surface area contributed by atoms with Gasteiger partial charge in [-0.25, -0.2) is 0 Å². The second kappa shape index (κ2) is 43.8. The van der Waals surface area contributed by atoms with E-state index in [1.165, 1.54) is 70.6 Å². The minimum absolute atomic E-state index is 0.0324. The molecule has 9 saturated carbocycles. The summed E-state index contributed by atoms with van der Waals surface area (Å²) in [6.45, 7) is 35.4. The van der Waals surface area contributed by atoms with Gasteiger partial charge in [-0.2, -0.15) is 0 Å². The molecule has 10 saturated heterocycles. The third kappa shape index (κ3) is 22.5. The molecule has 10 aliphatic heterocycles. The summed E-state index contributed by atoms with van der Waals surface area (Å²) in [4.78, 5) is 86.7. The Morgan fingerprint density at radius 2 is 0.967 bits per heavy atom. The first-order valence-electron chi connectivity index (χ1n) is 37.4. The molecule has 9 aliphatic carbocycles. The molecular weight excluding hydrogens is 1160 g/mol. The number of fused-ring (bicyclic) bond motifs is 11. The van der Waals surface area contributed by atoms with Gasteiger partial charge in [-0.05, 0) is 146 Å². The molecule has 17 heteroatoms. The van der Waals surface area contributed by atoms with Gasteiger partial charge >= 0.3 is 41.8 Å². The van der Waals surface area contributed by atoms with Crippen LogP contribution in [0.2, 0.25) is 0 Å². The van der Waals surface area contributed by atoms with Crippen LogP contribution in [0.5, 0.6) is 0 Å². The summed E-state index contributed by atoms with van der Waals surface area (Å²) in [6.07, 6.45) is 29.2. The molecule has 526 valence electrons.